The minimum absolute atomic E-state index is 0.0515. The zero-order valence-electron chi connectivity index (χ0n) is 10.2. The lowest BCUT2D eigenvalue weighted by Gasteiger charge is -2.04. The maximum absolute atomic E-state index is 11.4. The highest BCUT2D eigenvalue weighted by atomic mass is 16.3. The summed E-state index contributed by atoms with van der Waals surface area (Å²) in [7, 11) is 1.61. The molecule has 2 rings (SSSR count). The Morgan fingerprint density at radius 3 is 1.94 bits per heavy atom. The van der Waals surface area contributed by atoms with Crippen LogP contribution < -0.4 is 5.32 Å². The second-order valence-corrected chi connectivity index (χ2v) is 4.01. The lowest BCUT2D eigenvalue weighted by Crippen LogP contribution is -2.17. The molecule has 2 N–H and O–H groups in total. The van der Waals surface area contributed by atoms with Gasteiger partial charge in [0, 0.05) is 12.6 Å². The van der Waals surface area contributed by atoms with Gasteiger partial charge in [0.25, 0.3) is 5.91 Å². The molecule has 0 bridgehead atoms. The van der Waals surface area contributed by atoms with E-state index in [1.165, 1.54) is 0 Å². The molecule has 2 aromatic carbocycles. The Morgan fingerprint density at radius 2 is 1.50 bits per heavy atom. The highest BCUT2D eigenvalue weighted by molar-refractivity contribution is 5.94. The van der Waals surface area contributed by atoms with E-state index in [0.29, 0.717) is 5.56 Å². The van der Waals surface area contributed by atoms with Crippen molar-refractivity contribution in [1.82, 2.24) is 5.32 Å². The smallest absolute Gasteiger partial charge is 0.251 e. The Labute approximate surface area is 106 Å². The van der Waals surface area contributed by atoms with Gasteiger partial charge < -0.3 is 10.4 Å². The maximum atomic E-state index is 11.4. The van der Waals surface area contributed by atoms with Crippen LogP contribution in [0.5, 0.6) is 0 Å². The van der Waals surface area contributed by atoms with E-state index in [1.807, 2.05) is 36.4 Å². The summed E-state index contributed by atoms with van der Waals surface area (Å²) < 4.78 is 0. The molecule has 0 aliphatic rings. The van der Waals surface area contributed by atoms with Crippen LogP contribution in [0.25, 0.3) is 11.1 Å². The normalized spacial score (nSPS) is 10.1. The number of nitrogens with one attached hydrogen (secondary N) is 1. The summed E-state index contributed by atoms with van der Waals surface area (Å²) in [5.41, 5.74) is 3.65. The average molecular weight is 241 g/mol. The second kappa shape index (κ2) is 5.47. The molecular formula is C15H15NO2. The zero-order valence-corrected chi connectivity index (χ0v) is 10.2. The molecule has 1 amide bonds. The van der Waals surface area contributed by atoms with Crippen LogP contribution in [-0.4, -0.2) is 18.1 Å². The fourth-order valence-corrected chi connectivity index (χ4v) is 1.76. The lowest BCUT2D eigenvalue weighted by molar-refractivity contribution is 0.0963. The molecular weight excluding hydrogens is 226 g/mol. The zero-order chi connectivity index (χ0) is 13.0. The SMILES string of the molecule is CNC(=O)c1ccc(-c2ccc(CO)cc2)cc1. The number of hydrogen-bond donors (Lipinski definition) is 2. The molecule has 0 saturated carbocycles. The third-order valence-corrected chi connectivity index (χ3v) is 2.84. The quantitative estimate of drug-likeness (QED) is 0.865. The monoisotopic (exact) mass is 241 g/mol. The number of amides is 1. The van der Waals surface area contributed by atoms with Gasteiger partial charge >= 0.3 is 0 Å². The number of carbonyl (C=O) groups is 1. The number of benzene rings is 2. The van der Waals surface area contributed by atoms with Crippen molar-refractivity contribution in [1.29, 1.82) is 0 Å². The first-order valence-corrected chi connectivity index (χ1v) is 5.77. The topological polar surface area (TPSA) is 49.3 Å². The van der Waals surface area contributed by atoms with E-state index in [4.69, 9.17) is 5.11 Å². The van der Waals surface area contributed by atoms with Crippen molar-refractivity contribution in [2.24, 2.45) is 0 Å². The van der Waals surface area contributed by atoms with Gasteiger partial charge in [0.1, 0.15) is 0 Å². The molecule has 0 fully saturated rings. The predicted octanol–water partition coefficient (Wildman–Crippen LogP) is 2.21. The third kappa shape index (κ3) is 2.57. The average Bonchev–Trinajstić information content (AvgIpc) is 2.47. The van der Waals surface area contributed by atoms with Crippen molar-refractivity contribution >= 4 is 5.91 Å². The first-order chi connectivity index (χ1) is 8.74. The molecule has 0 saturated heterocycles. The third-order valence-electron chi connectivity index (χ3n) is 2.84. The van der Waals surface area contributed by atoms with Crippen LogP contribution in [0.15, 0.2) is 48.5 Å². The summed E-state index contributed by atoms with van der Waals surface area (Å²) in [6.45, 7) is 0.0515. The Hall–Kier alpha value is -2.13. The molecule has 0 atom stereocenters. The van der Waals surface area contributed by atoms with Crippen LogP contribution in [0.3, 0.4) is 0 Å². The van der Waals surface area contributed by atoms with Crippen molar-refractivity contribution in [3.05, 3.63) is 59.7 Å². The fraction of sp³-hybridized carbons (Fsp3) is 0.133. The van der Waals surface area contributed by atoms with Crippen molar-refractivity contribution in [3.8, 4) is 11.1 Å². The summed E-state index contributed by atoms with van der Waals surface area (Å²) in [5, 5.41) is 11.6. The van der Waals surface area contributed by atoms with Crippen molar-refractivity contribution in [3.63, 3.8) is 0 Å². The van der Waals surface area contributed by atoms with Gasteiger partial charge in [-0.2, -0.15) is 0 Å². The van der Waals surface area contributed by atoms with Gasteiger partial charge in [-0.3, -0.25) is 4.79 Å². The van der Waals surface area contributed by atoms with E-state index in [2.05, 4.69) is 5.32 Å². The van der Waals surface area contributed by atoms with E-state index >= 15 is 0 Å². The summed E-state index contributed by atoms with van der Waals surface area (Å²) in [6, 6.07) is 15.1. The van der Waals surface area contributed by atoms with Crippen molar-refractivity contribution in [2.75, 3.05) is 7.05 Å². The van der Waals surface area contributed by atoms with Gasteiger partial charge in [0.05, 0.1) is 6.61 Å². The van der Waals surface area contributed by atoms with Gasteiger partial charge in [0.2, 0.25) is 0 Å². The van der Waals surface area contributed by atoms with Crippen molar-refractivity contribution in [2.45, 2.75) is 6.61 Å². The molecule has 0 unspecified atom stereocenters. The molecule has 0 aliphatic carbocycles. The number of rotatable bonds is 3. The molecule has 92 valence electrons. The van der Waals surface area contributed by atoms with Gasteiger partial charge in [-0.05, 0) is 28.8 Å². The number of aliphatic hydroxyl groups is 1. The first kappa shape index (κ1) is 12.3. The van der Waals surface area contributed by atoms with E-state index in [9.17, 15) is 4.79 Å². The van der Waals surface area contributed by atoms with Crippen LogP contribution >= 0.6 is 0 Å². The highest BCUT2D eigenvalue weighted by Gasteiger charge is 2.03. The second-order valence-electron chi connectivity index (χ2n) is 4.01. The minimum Gasteiger partial charge on any atom is -0.392 e. The van der Waals surface area contributed by atoms with Gasteiger partial charge in [-0.15, -0.1) is 0 Å². The number of hydrogen-bond acceptors (Lipinski definition) is 2. The van der Waals surface area contributed by atoms with Gasteiger partial charge in [-0.1, -0.05) is 36.4 Å². The summed E-state index contributed by atoms with van der Waals surface area (Å²) in [4.78, 5) is 11.4. The van der Waals surface area contributed by atoms with E-state index in [0.717, 1.165) is 16.7 Å². The van der Waals surface area contributed by atoms with Crippen LogP contribution in [-0.2, 0) is 6.61 Å². The van der Waals surface area contributed by atoms with Crippen LogP contribution in [0.4, 0.5) is 0 Å². The van der Waals surface area contributed by atoms with Crippen LogP contribution in [0, 0.1) is 0 Å². The summed E-state index contributed by atoms with van der Waals surface area (Å²) in [6.07, 6.45) is 0. The molecule has 2 aromatic rings. The minimum atomic E-state index is -0.0859. The maximum Gasteiger partial charge on any atom is 0.251 e. The molecule has 3 heteroatoms. The Balaban J connectivity index is 2.25. The highest BCUT2D eigenvalue weighted by Crippen LogP contribution is 2.20. The first-order valence-electron chi connectivity index (χ1n) is 5.77. The molecule has 0 heterocycles. The van der Waals surface area contributed by atoms with Crippen LogP contribution in [0.2, 0.25) is 0 Å². The van der Waals surface area contributed by atoms with Crippen LogP contribution in [0.1, 0.15) is 15.9 Å². The lowest BCUT2D eigenvalue weighted by atomic mass is 10.0. The number of aliphatic hydroxyl groups excluding tert-OH is 1. The predicted molar refractivity (Wildman–Crippen MR) is 71.2 cm³/mol. The van der Waals surface area contributed by atoms with E-state index in [1.54, 1.807) is 19.2 Å². The van der Waals surface area contributed by atoms with E-state index in [-0.39, 0.29) is 12.5 Å². The van der Waals surface area contributed by atoms with Crippen molar-refractivity contribution < 1.29 is 9.90 Å². The molecule has 0 radical (unpaired) electrons. The number of carbonyl (C=O) groups excluding carboxylic acids is 1. The Morgan fingerprint density at radius 1 is 1.00 bits per heavy atom. The standard InChI is InChI=1S/C15H15NO2/c1-16-15(18)14-8-6-13(7-9-14)12-4-2-11(10-17)3-5-12/h2-9,17H,10H2,1H3,(H,16,18). The largest absolute Gasteiger partial charge is 0.392 e. The van der Waals surface area contributed by atoms with E-state index < -0.39 is 0 Å². The Kier molecular flexibility index (Phi) is 3.75. The molecule has 3 nitrogen and oxygen atoms in total. The molecule has 0 aromatic heterocycles. The molecule has 0 spiro atoms. The fourth-order valence-electron chi connectivity index (χ4n) is 1.76. The van der Waals surface area contributed by atoms with Gasteiger partial charge in [0.15, 0.2) is 0 Å². The Bertz CT molecular complexity index is 529. The molecule has 18 heavy (non-hydrogen) atoms. The summed E-state index contributed by atoms with van der Waals surface area (Å²) >= 11 is 0. The van der Waals surface area contributed by atoms with Gasteiger partial charge in [-0.25, -0.2) is 0 Å². The summed E-state index contributed by atoms with van der Waals surface area (Å²) in [5.74, 6) is -0.0859. The molecule has 0 aliphatic heterocycles.